The van der Waals surface area contributed by atoms with Crippen molar-refractivity contribution in [1.29, 1.82) is 0 Å². The van der Waals surface area contributed by atoms with Crippen molar-refractivity contribution in [2.75, 3.05) is 39.4 Å². The number of β-amino-alcohol motifs (C(OH)–C–C–N with tert-alkyl or cyclic N) is 1. The summed E-state index contributed by atoms with van der Waals surface area (Å²) in [4.78, 5) is 2.33. The average Bonchev–Trinajstić information content (AvgIpc) is 2.52. The third kappa shape index (κ3) is 4.19. The summed E-state index contributed by atoms with van der Waals surface area (Å²) in [7, 11) is 0. The Morgan fingerprint density at radius 1 is 1.33 bits per heavy atom. The van der Waals surface area contributed by atoms with Crippen LogP contribution in [0.3, 0.4) is 0 Å². The predicted octanol–water partition coefficient (Wildman–Crippen LogP) is 1.83. The predicted molar refractivity (Wildman–Crippen MR) is 85.7 cm³/mol. The maximum atomic E-state index is 9.04. The Morgan fingerprint density at radius 3 is 2.67 bits per heavy atom. The summed E-state index contributed by atoms with van der Waals surface area (Å²) in [6.45, 7) is 6.50. The van der Waals surface area contributed by atoms with Crippen molar-refractivity contribution >= 4 is 0 Å². The summed E-state index contributed by atoms with van der Waals surface area (Å²) in [5, 5.41) is 9.04. The summed E-state index contributed by atoms with van der Waals surface area (Å²) in [6.07, 6.45) is 2.28. The average molecular weight is 292 g/mol. The summed E-state index contributed by atoms with van der Waals surface area (Å²) in [5.41, 5.74) is 7.34. The SMILES string of the molecule is CCOc1ccccc1C(CN)C1CCN(CCO)CC1. The van der Waals surface area contributed by atoms with Crippen LogP contribution in [0.25, 0.3) is 0 Å². The number of likely N-dealkylation sites (tertiary alicyclic amines) is 1. The third-order valence-electron chi connectivity index (χ3n) is 4.49. The molecule has 0 aliphatic carbocycles. The smallest absolute Gasteiger partial charge is 0.122 e. The first-order chi connectivity index (χ1) is 10.3. The van der Waals surface area contributed by atoms with Crippen LogP contribution in [0, 0.1) is 5.92 Å². The highest BCUT2D eigenvalue weighted by Crippen LogP contribution is 2.36. The molecule has 0 spiro atoms. The molecule has 0 radical (unpaired) electrons. The number of ether oxygens (including phenoxy) is 1. The highest BCUT2D eigenvalue weighted by atomic mass is 16.5. The van der Waals surface area contributed by atoms with Gasteiger partial charge in [0.15, 0.2) is 0 Å². The number of aliphatic hydroxyl groups excluding tert-OH is 1. The van der Waals surface area contributed by atoms with Crippen LogP contribution in [0.1, 0.15) is 31.2 Å². The molecule has 3 N–H and O–H groups in total. The van der Waals surface area contributed by atoms with E-state index in [1.165, 1.54) is 5.56 Å². The van der Waals surface area contributed by atoms with Crippen molar-refractivity contribution in [1.82, 2.24) is 4.90 Å². The largest absolute Gasteiger partial charge is 0.494 e. The molecule has 21 heavy (non-hydrogen) atoms. The van der Waals surface area contributed by atoms with Crippen molar-refractivity contribution in [3.8, 4) is 5.75 Å². The molecule has 4 heteroatoms. The van der Waals surface area contributed by atoms with Gasteiger partial charge in [0.05, 0.1) is 13.2 Å². The zero-order valence-electron chi connectivity index (χ0n) is 13.0. The van der Waals surface area contributed by atoms with Crippen LogP contribution in [-0.4, -0.2) is 49.4 Å². The lowest BCUT2D eigenvalue weighted by Crippen LogP contribution is -2.38. The summed E-state index contributed by atoms with van der Waals surface area (Å²) in [6, 6.07) is 8.29. The lowest BCUT2D eigenvalue weighted by Gasteiger charge is -2.36. The van der Waals surface area contributed by atoms with Crippen LogP contribution >= 0.6 is 0 Å². The van der Waals surface area contributed by atoms with Crippen LogP contribution in [0.2, 0.25) is 0 Å². The Morgan fingerprint density at radius 2 is 2.05 bits per heavy atom. The van der Waals surface area contributed by atoms with Gasteiger partial charge in [0.2, 0.25) is 0 Å². The molecule has 1 saturated heterocycles. The van der Waals surface area contributed by atoms with Gasteiger partial charge in [-0.25, -0.2) is 0 Å². The fourth-order valence-electron chi connectivity index (χ4n) is 3.37. The second-order valence-electron chi connectivity index (χ2n) is 5.72. The van der Waals surface area contributed by atoms with Gasteiger partial charge in [-0.2, -0.15) is 0 Å². The van der Waals surface area contributed by atoms with Gasteiger partial charge in [0.1, 0.15) is 5.75 Å². The van der Waals surface area contributed by atoms with E-state index in [1.807, 2.05) is 19.1 Å². The van der Waals surface area contributed by atoms with Gasteiger partial charge in [0.25, 0.3) is 0 Å². The van der Waals surface area contributed by atoms with E-state index in [0.717, 1.165) is 38.2 Å². The molecule has 118 valence electrons. The molecular formula is C17H28N2O2. The molecule has 1 heterocycles. The Kier molecular flexibility index (Phi) is 6.49. The van der Waals surface area contributed by atoms with E-state index in [-0.39, 0.29) is 6.61 Å². The summed E-state index contributed by atoms with van der Waals surface area (Å²) >= 11 is 0. The first kappa shape index (κ1) is 16.3. The normalized spacial score (nSPS) is 18.6. The standard InChI is InChI=1S/C17H28N2O2/c1-2-21-17-6-4-3-5-15(17)16(13-18)14-7-9-19(10-8-14)11-12-20/h3-6,14,16,20H,2,7-13,18H2,1H3. The van der Waals surface area contributed by atoms with E-state index >= 15 is 0 Å². The van der Waals surface area contributed by atoms with Crippen molar-refractivity contribution in [3.05, 3.63) is 29.8 Å². The number of hydrogen-bond acceptors (Lipinski definition) is 4. The lowest BCUT2D eigenvalue weighted by molar-refractivity contribution is 0.138. The molecule has 0 aromatic heterocycles. The molecular weight excluding hydrogens is 264 g/mol. The number of aliphatic hydroxyl groups is 1. The van der Waals surface area contributed by atoms with Crippen LogP contribution < -0.4 is 10.5 Å². The minimum atomic E-state index is 0.248. The van der Waals surface area contributed by atoms with E-state index < -0.39 is 0 Å². The molecule has 1 fully saturated rings. The van der Waals surface area contributed by atoms with Crippen molar-refractivity contribution in [2.24, 2.45) is 11.7 Å². The number of benzene rings is 1. The first-order valence-corrected chi connectivity index (χ1v) is 8.05. The highest BCUT2D eigenvalue weighted by molar-refractivity contribution is 5.37. The van der Waals surface area contributed by atoms with Gasteiger partial charge in [-0.05, 0) is 56.9 Å². The zero-order valence-corrected chi connectivity index (χ0v) is 13.0. The van der Waals surface area contributed by atoms with Crippen LogP contribution in [-0.2, 0) is 0 Å². The number of piperidine rings is 1. The Bertz CT molecular complexity index is 417. The summed E-state index contributed by atoms with van der Waals surface area (Å²) < 4.78 is 5.77. The van der Waals surface area contributed by atoms with Crippen LogP contribution in [0.15, 0.2) is 24.3 Å². The lowest BCUT2D eigenvalue weighted by atomic mass is 9.79. The fourth-order valence-corrected chi connectivity index (χ4v) is 3.37. The number of nitrogens with two attached hydrogens (primary N) is 1. The van der Waals surface area contributed by atoms with Crippen molar-refractivity contribution in [2.45, 2.75) is 25.7 Å². The molecule has 0 bridgehead atoms. The first-order valence-electron chi connectivity index (χ1n) is 8.05. The number of para-hydroxylation sites is 1. The van der Waals surface area contributed by atoms with E-state index in [2.05, 4.69) is 17.0 Å². The van der Waals surface area contributed by atoms with E-state index in [4.69, 9.17) is 15.6 Å². The Balaban J connectivity index is 2.06. The molecule has 2 rings (SSSR count). The fraction of sp³-hybridized carbons (Fsp3) is 0.647. The zero-order chi connectivity index (χ0) is 15.1. The Labute approximate surface area is 127 Å². The van der Waals surface area contributed by atoms with E-state index in [0.29, 0.717) is 25.0 Å². The number of hydrogen-bond donors (Lipinski definition) is 2. The molecule has 1 aliphatic heterocycles. The second kappa shape index (κ2) is 8.37. The molecule has 0 saturated carbocycles. The van der Waals surface area contributed by atoms with Gasteiger partial charge in [-0.15, -0.1) is 0 Å². The maximum absolute atomic E-state index is 9.04. The molecule has 4 nitrogen and oxygen atoms in total. The minimum absolute atomic E-state index is 0.248. The second-order valence-corrected chi connectivity index (χ2v) is 5.72. The van der Waals surface area contributed by atoms with Gasteiger partial charge in [-0.1, -0.05) is 18.2 Å². The third-order valence-corrected chi connectivity index (χ3v) is 4.49. The topological polar surface area (TPSA) is 58.7 Å². The quantitative estimate of drug-likeness (QED) is 0.805. The van der Waals surface area contributed by atoms with Gasteiger partial charge >= 0.3 is 0 Å². The van der Waals surface area contributed by atoms with Crippen LogP contribution in [0.5, 0.6) is 5.75 Å². The maximum Gasteiger partial charge on any atom is 0.122 e. The summed E-state index contributed by atoms with van der Waals surface area (Å²) in [5.74, 6) is 1.95. The monoisotopic (exact) mass is 292 g/mol. The van der Waals surface area contributed by atoms with Gasteiger partial charge in [0, 0.05) is 12.5 Å². The number of rotatable bonds is 7. The Hall–Kier alpha value is -1.10. The molecule has 1 atom stereocenters. The van der Waals surface area contributed by atoms with Gasteiger partial charge < -0.3 is 20.5 Å². The van der Waals surface area contributed by atoms with E-state index in [9.17, 15) is 0 Å². The van der Waals surface area contributed by atoms with Crippen LogP contribution in [0.4, 0.5) is 0 Å². The van der Waals surface area contributed by atoms with Crippen molar-refractivity contribution in [3.63, 3.8) is 0 Å². The van der Waals surface area contributed by atoms with Gasteiger partial charge in [-0.3, -0.25) is 0 Å². The van der Waals surface area contributed by atoms with E-state index in [1.54, 1.807) is 0 Å². The molecule has 1 aromatic carbocycles. The number of nitrogens with zero attached hydrogens (tertiary/aromatic N) is 1. The highest BCUT2D eigenvalue weighted by Gasteiger charge is 2.28. The van der Waals surface area contributed by atoms with Crippen molar-refractivity contribution < 1.29 is 9.84 Å². The molecule has 0 amide bonds. The minimum Gasteiger partial charge on any atom is -0.494 e. The molecule has 1 aromatic rings. The molecule has 1 unspecified atom stereocenters. The molecule has 1 aliphatic rings.